The topological polar surface area (TPSA) is 61.4 Å². The third-order valence-corrected chi connectivity index (χ3v) is 4.74. The molecular weight excluding hydrogens is 350 g/mol. The highest BCUT2D eigenvalue weighted by Gasteiger charge is 2.20. The normalized spacial score (nSPS) is 14.5. The monoisotopic (exact) mass is 369 g/mol. The quantitative estimate of drug-likeness (QED) is 0.728. The van der Waals surface area contributed by atoms with Crippen LogP contribution in [0.3, 0.4) is 0 Å². The fourth-order valence-electron chi connectivity index (χ4n) is 3.32. The molecule has 3 aromatic rings. The Bertz CT molecular complexity index is 939. The summed E-state index contributed by atoms with van der Waals surface area (Å²) in [6, 6.07) is 11.4. The van der Waals surface area contributed by atoms with E-state index in [-0.39, 0.29) is 5.75 Å². The highest BCUT2D eigenvalue weighted by atomic mass is 35.5. The molecule has 1 aliphatic rings. The summed E-state index contributed by atoms with van der Waals surface area (Å²) < 4.78 is 5.82. The van der Waals surface area contributed by atoms with Gasteiger partial charge in [-0.3, -0.25) is 4.90 Å². The van der Waals surface area contributed by atoms with Crippen molar-refractivity contribution < 1.29 is 9.84 Å². The van der Waals surface area contributed by atoms with Gasteiger partial charge in [0.1, 0.15) is 12.4 Å². The lowest BCUT2D eigenvalue weighted by molar-refractivity contribution is 0.215. The second-order valence-electron chi connectivity index (χ2n) is 6.55. The predicted molar refractivity (Wildman–Crippen MR) is 101 cm³/mol. The number of aryl methyl sites for hydroxylation is 1. The van der Waals surface area contributed by atoms with E-state index in [0.29, 0.717) is 23.9 Å². The predicted octanol–water partition coefficient (Wildman–Crippen LogP) is 4.14. The van der Waals surface area contributed by atoms with E-state index in [1.807, 2.05) is 37.4 Å². The average molecular weight is 370 g/mol. The van der Waals surface area contributed by atoms with Gasteiger partial charge in [0.25, 0.3) is 0 Å². The Morgan fingerprint density at radius 3 is 2.92 bits per heavy atom. The van der Waals surface area contributed by atoms with Crippen molar-refractivity contribution in [2.75, 3.05) is 13.2 Å². The lowest BCUT2D eigenvalue weighted by Crippen LogP contribution is -2.25. The summed E-state index contributed by atoms with van der Waals surface area (Å²) in [5.41, 5.74) is 3.93. The van der Waals surface area contributed by atoms with E-state index in [0.717, 1.165) is 41.3 Å². The molecule has 26 heavy (non-hydrogen) atoms. The number of fused-ring (bicyclic) bond motifs is 1. The third kappa shape index (κ3) is 3.54. The number of aromatic amines is 1. The second kappa shape index (κ2) is 7.02. The SMILES string of the molecule is Cc1ncc(CN2CCOc3c(O)cc(-c4cccc(Cl)c4)cc3C2)[nH]1. The number of nitrogens with one attached hydrogen (secondary N) is 1. The third-order valence-electron chi connectivity index (χ3n) is 4.50. The molecule has 0 saturated heterocycles. The Balaban J connectivity index is 1.65. The molecule has 0 spiro atoms. The molecule has 0 bridgehead atoms. The summed E-state index contributed by atoms with van der Waals surface area (Å²) in [5, 5.41) is 11.2. The molecular formula is C20H20ClN3O2. The zero-order valence-corrected chi connectivity index (χ0v) is 15.3. The standard InChI is InChI=1S/C20H20ClN3O2/c1-13-22-10-18(23-13)12-24-5-6-26-20-16(11-24)7-15(9-19(20)25)14-3-2-4-17(21)8-14/h2-4,7-10,25H,5-6,11-12H2,1H3,(H,22,23). The number of aromatic nitrogens is 2. The van der Waals surface area contributed by atoms with Gasteiger partial charge in [-0.05, 0) is 42.3 Å². The number of nitrogens with zero attached hydrogens (tertiary/aromatic N) is 2. The van der Waals surface area contributed by atoms with Gasteiger partial charge in [-0.1, -0.05) is 23.7 Å². The van der Waals surface area contributed by atoms with Crippen molar-refractivity contribution in [3.05, 3.63) is 64.7 Å². The van der Waals surface area contributed by atoms with E-state index in [1.54, 1.807) is 6.07 Å². The number of aromatic hydroxyl groups is 1. The van der Waals surface area contributed by atoms with Gasteiger partial charge < -0.3 is 14.8 Å². The number of ether oxygens (including phenoxy) is 1. The number of hydrogen-bond acceptors (Lipinski definition) is 4. The molecule has 2 heterocycles. The second-order valence-corrected chi connectivity index (χ2v) is 6.98. The van der Waals surface area contributed by atoms with Crippen LogP contribution in [0.1, 0.15) is 17.1 Å². The zero-order valence-electron chi connectivity index (χ0n) is 14.5. The summed E-state index contributed by atoms with van der Waals surface area (Å²) in [4.78, 5) is 9.80. The minimum atomic E-state index is 0.164. The Morgan fingerprint density at radius 2 is 2.15 bits per heavy atom. The molecule has 0 fully saturated rings. The first-order chi connectivity index (χ1) is 12.6. The Kier molecular flexibility index (Phi) is 4.57. The maximum absolute atomic E-state index is 10.5. The molecule has 0 saturated carbocycles. The number of phenols is 1. The van der Waals surface area contributed by atoms with Crippen molar-refractivity contribution in [1.82, 2.24) is 14.9 Å². The van der Waals surface area contributed by atoms with E-state index in [4.69, 9.17) is 16.3 Å². The molecule has 0 radical (unpaired) electrons. The minimum Gasteiger partial charge on any atom is -0.504 e. The molecule has 1 aliphatic heterocycles. The molecule has 1 aromatic heterocycles. The lowest BCUT2D eigenvalue weighted by atomic mass is 10.0. The van der Waals surface area contributed by atoms with Gasteiger partial charge in [0.15, 0.2) is 11.5 Å². The van der Waals surface area contributed by atoms with Gasteiger partial charge in [0.05, 0.1) is 0 Å². The summed E-state index contributed by atoms with van der Waals surface area (Å²) >= 11 is 6.11. The molecule has 6 heteroatoms. The molecule has 2 aromatic carbocycles. The Morgan fingerprint density at radius 1 is 1.27 bits per heavy atom. The van der Waals surface area contributed by atoms with Crippen molar-refractivity contribution in [1.29, 1.82) is 0 Å². The Labute approximate surface area is 157 Å². The van der Waals surface area contributed by atoms with E-state index >= 15 is 0 Å². The van der Waals surface area contributed by atoms with Crippen molar-refractivity contribution in [2.24, 2.45) is 0 Å². The van der Waals surface area contributed by atoms with Gasteiger partial charge in [-0.15, -0.1) is 0 Å². The van der Waals surface area contributed by atoms with Crippen LogP contribution in [0.5, 0.6) is 11.5 Å². The number of phenolic OH excluding ortho intramolecular Hbond substituents is 1. The van der Waals surface area contributed by atoms with E-state index < -0.39 is 0 Å². The minimum absolute atomic E-state index is 0.164. The van der Waals surface area contributed by atoms with E-state index in [2.05, 4.69) is 20.9 Å². The first-order valence-electron chi connectivity index (χ1n) is 8.56. The fourth-order valence-corrected chi connectivity index (χ4v) is 3.51. The van der Waals surface area contributed by atoms with Gasteiger partial charge >= 0.3 is 0 Å². The largest absolute Gasteiger partial charge is 0.504 e. The average Bonchev–Trinajstić information content (AvgIpc) is 2.89. The summed E-state index contributed by atoms with van der Waals surface area (Å²) in [6.45, 7) is 4.70. The fraction of sp³-hybridized carbons (Fsp3) is 0.250. The summed E-state index contributed by atoms with van der Waals surface area (Å²) in [7, 11) is 0. The first-order valence-corrected chi connectivity index (χ1v) is 8.94. The number of imidazole rings is 1. The highest BCUT2D eigenvalue weighted by molar-refractivity contribution is 6.30. The number of H-pyrrole nitrogens is 1. The first kappa shape index (κ1) is 16.9. The van der Waals surface area contributed by atoms with Crippen LogP contribution < -0.4 is 4.74 Å². The van der Waals surface area contributed by atoms with E-state index in [1.165, 1.54) is 0 Å². The van der Waals surface area contributed by atoms with E-state index in [9.17, 15) is 5.11 Å². The number of hydrogen-bond donors (Lipinski definition) is 2. The van der Waals surface area contributed by atoms with Crippen LogP contribution in [-0.2, 0) is 13.1 Å². The molecule has 0 aliphatic carbocycles. The molecule has 0 unspecified atom stereocenters. The van der Waals surface area contributed by atoms with Gasteiger partial charge in [0, 0.05) is 42.1 Å². The zero-order chi connectivity index (χ0) is 18.1. The lowest BCUT2D eigenvalue weighted by Gasteiger charge is -2.18. The summed E-state index contributed by atoms with van der Waals surface area (Å²) in [5.74, 6) is 1.64. The van der Waals surface area contributed by atoms with Gasteiger partial charge in [-0.2, -0.15) is 0 Å². The van der Waals surface area contributed by atoms with Crippen LogP contribution >= 0.6 is 11.6 Å². The van der Waals surface area contributed by atoms with Gasteiger partial charge in [0.2, 0.25) is 0 Å². The molecule has 0 atom stereocenters. The van der Waals surface area contributed by atoms with Crippen LogP contribution in [0, 0.1) is 6.92 Å². The van der Waals surface area contributed by atoms with Crippen molar-refractivity contribution in [3.63, 3.8) is 0 Å². The highest BCUT2D eigenvalue weighted by Crippen LogP contribution is 2.38. The van der Waals surface area contributed by atoms with Crippen LogP contribution in [-0.4, -0.2) is 33.1 Å². The van der Waals surface area contributed by atoms with Crippen molar-refractivity contribution >= 4 is 11.6 Å². The summed E-state index contributed by atoms with van der Waals surface area (Å²) in [6.07, 6.45) is 1.86. The molecule has 4 rings (SSSR count). The maximum atomic E-state index is 10.5. The molecule has 0 amide bonds. The smallest absolute Gasteiger partial charge is 0.165 e. The van der Waals surface area contributed by atoms with Crippen LogP contribution in [0.15, 0.2) is 42.6 Å². The number of halogens is 1. The number of benzene rings is 2. The van der Waals surface area contributed by atoms with Crippen LogP contribution in [0.4, 0.5) is 0 Å². The van der Waals surface area contributed by atoms with Crippen LogP contribution in [0.25, 0.3) is 11.1 Å². The van der Waals surface area contributed by atoms with Crippen molar-refractivity contribution in [2.45, 2.75) is 20.0 Å². The molecule has 2 N–H and O–H groups in total. The molecule has 134 valence electrons. The van der Waals surface area contributed by atoms with Gasteiger partial charge in [-0.25, -0.2) is 4.98 Å². The maximum Gasteiger partial charge on any atom is 0.165 e. The Hall–Kier alpha value is -2.50. The molecule has 5 nitrogen and oxygen atoms in total. The van der Waals surface area contributed by atoms with Crippen molar-refractivity contribution in [3.8, 4) is 22.6 Å². The van der Waals surface area contributed by atoms with Crippen LogP contribution in [0.2, 0.25) is 5.02 Å². The number of rotatable bonds is 3.